The number of hydrogen-bond acceptors (Lipinski definition) is 5. The zero-order valence-electron chi connectivity index (χ0n) is 10.6. The van der Waals surface area contributed by atoms with E-state index in [0.29, 0.717) is 17.8 Å². The summed E-state index contributed by atoms with van der Waals surface area (Å²) in [5.41, 5.74) is 0. The summed E-state index contributed by atoms with van der Waals surface area (Å²) in [5, 5.41) is 9.41. The lowest BCUT2D eigenvalue weighted by atomic mass is 10.0. The second-order valence-corrected chi connectivity index (χ2v) is 6.05. The average Bonchev–Trinajstić information content (AvgIpc) is 2.96. The fraction of sp³-hybridized carbons (Fsp3) is 0.500. The molecule has 0 aromatic carbocycles. The summed E-state index contributed by atoms with van der Waals surface area (Å²) in [6, 6.07) is 2.32. The average molecular weight is 330 g/mol. The molecule has 2 aromatic rings. The van der Waals surface area contributed by atoms with Crippen LogP contribution in [-0.2, 0) is 0 Å². The van der Waals surface area contributed by atoms with Gasteiger partial charge in [-0.25, -0.2) is 0 Å². The Morgan fingerprint density at radius 3 is 2.89 bits per heavy atom. The topological polar surface area (TPSA) is 51.0 Å². The van der Waals surface area contributed by atoms with Crippen LogP contribution in [0.25, 0.3) is 10.7 Å². The van der Waals surface area contributed by atoms with E-state index in [2.05, 4.69) is 52.2 Å². The van der Waals surface area contributed by atoms with Crippen molar-refractivity contribution in [1.82, 2.24) is 15.5 Å². The molecule has 0 fully saturated rings. The number of nitrogens with zero attached hydrogens (tertiary/aromatic N) is 2. The summed E-state index contributed by atoms with van der Waals surface area (Å²) in [6.07, 6.45) is 0. The van der Waals surface area contributed by atoms with E-state index in [0.717, 1.165) is 15.9 Å². The van der Waals surface area contributed by atoms with Gasteiger partial charge in [-0.2, -0.15) is 4.98 Å². The first-order valence-electron chi connectivity index (χ1n) is 5.93. The van der Waals surface area contributed by atoms with Gasteiger partial charge in [0.15, 0.2) is 0 Å². The van der Waals surface area contributed by atoms with Crippen molar-refractivity contribution in [2.45, 2.75) is 32.7 Å². The first kappa shape index (κ1) is 13.7. The molecule has 0 saturated carbocycles. The van der Waals surface area contributed by atoms with Gasteiger partial charge in [0.05, 0.1) is 10.8 Å². The molecule has 4 nitrogen and oxygen atoms in total. The van der Waals surface area contributed by atoms with Crippen molar-refractivity contribution in [1.29, 1.82) is 0 Å². The zero-order valence-corrected chi connectivity index (χ0v) is 13.0. The van der Waals surface area contributed by atoms with Crippen LogP contribution in [0.4, 0.5) is 0 Å². The molecule has 2 rings (SSSR count). The molecule has 2 unspecified atom stereocenters. The Hall–Kier alpha value is -0.720. The number of halogens is 1. The van der Waals surface area contributed by atoms with Gasteiger partial charge in [0.25, 0.3) is 0 Å². The molecule has 0 aliphatic carbocycles. The second kappa shape index (κ2) is 5.95. The number of rotatable bonds is 5. The molecule has 2 aromatic heterocycles. The van der Waals surface area contributed by atoms with E-state index in [4.69, 9.17) is 4.52 Å². The molecule has 98 valence electrons. The van der Waals surface area contributed by atoms with Crippen LogP contribution in [-0.4, -0.2) is 22.7 Å². The SMILES string of the molecule is CCNC(C)C(C)c1nc(-c2cc(Br)cs2)no1. The van der Waals surface area contributed by atoms with E-state index >= 15 is 0 Å². The van der Waals surface area contributed by atoms with E-state index < -0.39 is 0 Å². The predicted molar refractivity (Wildman–Crippen MR) is 76.9 cm³/mol. The van der Waals surface area contributed by atoms with Crippen LogP contribution in [0.1, 0.15) is 32.6 Å². The zero-order chi connectivity index (χ0) is 13.1. The molecule has 0 aliphatic rings. The maximum absolute atomic E-state index is 5.35. The minimum Gasteiger partial charge on any atom is -0.339 e. The third-order valence-electron chi connectivity index (χ3n) is 2.90. The third-order valence-corrected chi connectivity index (χ3v) is 4.58. The lowest BCUT2D eigenvalue weighted by Gasteiger charge is -2.16. The third kappa shape index (κ3) is 2.99. The summed E-state index contributed by atoms with van der Waals surface area (Å²) in [6.45, 7) is 7.24. The number of hydrogen-bond donors (Lipinski definition) is 1. The maximum Gasteiger partial charge on any atom is 0.231 e. The van der Waals surface area contributed by atoms with Crippen LogP contribution in [0.2, 0.25) is 0 Å². The van der Waals surface area contributed by atoms with Crippen LogP contribution in [0.5, 0.6) is 0 Å². The molecule has 2 heterocycles. The second-order valence-electron chi connectivity index (χ2n) is 4.22. The fourth-order valence-corrected chi connectivity index (χ4v) is 3.01. The van der Waals surface area contributed by atoms with Gasteiger partial charge in [-0.3, -0.25) is 0 Å². The number of likely N-dealkylation sites (N-methyl/N-ethyl adjacent to an activating group) is 1. The van der Waals surface area contributed by atoms with Crippen molar-refractivity contribution < 1.29 is 4.52 Å². The highest BCUT2D eigenvalue weighted by molar-refractivity contribution is 9.10. The van der Waals surface area contributed by atoms with Gasteiger partial charge in [-0.1, -0.05) is 19.0 Å². The van der Waals surface area contributed by atoms with Gasteiger partial charge in [0, 0.05) is 15.9 Å². The molecule has 6 heteroatoms. The van der Waals surface area contributed by atoms with Crippen LogP contribution in [0, 0.1) is 0 Å². The van der Waals surface area contributed by atoms with Crippen molar-refractivity contribution in [3.63, 3.8) is 0 Å². The van der Waals surface area contributed by atoms with Gasteiger partial charge in [-0.15, -0.1) is 11.3 Å². The van der Waals surface area contributed by atoms with Gasteiger partial charge in [-0.05, 0) is 35.5 Å². The number of nitrogens with one attached hydrogen (secondary N) is 1. The molecule has 18 heavy (non-hydrogen) atoms. The highest BCUT2D eigenvalue weighted by Gasteiger charge is 2.20. The molecule has 0 saturated heterocycles. The first-order chi connectivity index (χ1) is 8.61. The van der Waals surface area contributed by atoms with Gasteiger partial charge >= 0.3 is 0 Å². The molecule has 0 spiro atoms. The van der Waals surface area contributed by atoms with Crippen molar-refractivity contribution >= 4 is 27.3 Å². The monoisotopic (exact) mass is 329 g/mol. The van der Waals surface area contributed by atoms with E-state index in [-0.39, 0.29) is 5.92 Å². The Balaban J connectivity index is 2.15. The molecule has 0 radical (unpaired) electrons. The summed E-state index contributed by atoms with van der Waals surface area (Å²) in [7, 11) is 0. The molecule has 0 amide bonds. The summed E-state index contributed by atoms with van der Waals surface area (Å²) in [4.78, 5) is 5.48. The predicted octanol–water partition coefficient (Wildman–Crippen LogP) is 3.66. The highest BCUT2D eigenvalue weighted by Crippen LogP contribution is 2.29. The minimum absolute atomic E-state index is 0.203. The molecular formula is C12H16BrN3OS. The van der Waals surface area contributed by atoms with E-state index in [1.807, 2.05) is 11.4 Å². The highest BCUT2D eigenvalue weighted by atomic mass is 79.9. The van der Waals surface area contributed by atoms with Gasteiger partial charge in [0.2, 0.25) is 11.7 Å². The maximum atomic E-state index is 5.35. The Kier molecular flexibility index (Phi) is 4.53. The Morgan fingerprint density at radius 2 is 2.28 bits per heavy atom. The van der Waals surface area contributed by atoms with E-state index in [1.54, 1.807) is 11.3 Å². The minimum atomic E-state index is 0.203. The first-order valence-corrected chi connectivity index (χ1v) is 7.60. The van der Waals surface area contributed by atoms with Crippen molar-refractivity contribution in [3.05, 3.63) is 21.8 Å². The Morgan fingerprint density at radius 1 is 1.50 bits per heavy atom. The van der Waals surface area contributed by atoms with Crippen LogP contribution < -0.4 is 5.32 Å². The number of aromatic nitrogens is 2. The molecule has 0 bridgehead atoms. The summed E-state index contributed by atoms with van der Waals surface area (Å²) < 4.78 is 6.39. The lowest BCUT2D eigenvalue weighted by Crippen LogP contribution is -2.30. The summed E-state index contributed by atoms with van der Waals surface area (Å²) in [5.74, 6) is 1.55. The van der Waals surface area contributed by atoms with Gasteiger partial charge in [0.1, 0.15) is 0 Å². The molecule has 0 aliphatic heterocycles. The molecular weight excluding hydrogens is 314 g/mol. The van der Waals surface area contributed by atoms with Crippen LogP contribution >= 0.6 is 27.3 Å². The van der Waals surface area contributed by atoms with Crippen molar-refractivity contribution in [2.24, 2.45) is 0 Å². The fourth-order valence-electron chi connectivity index (χ4n) is 1.66. The smallest absolute Gasteiger partial charge is 0.231 e. The lowest BCUT2D eigenvalue weighted by molar-refractivity contribution is 0.332. The summed E-state index contributed by atoms with van der Waals surface area (Å²) >= 11 is 5.02. The van der Waals surface area contributed by atoms with Crippen LogP contribution in [0.3, 0.4) is 0 Å². The van der Waals surface area contributed by atoms with E-state index in [9.17, 15) is 0 Å². The van der Waals surface area contributed by atoms with Crippen molar-refractivity contribution in [2.75, 3.05) is 6.54 Å². The quantitative estimate of drug-likeness (QED) is 0.909. The molecule has 1 N–H and O–H groups in total. The van der Waals surface area contributed by atoms with Crippen LogP contribution in [0.15, 0.2) is 20.4 Å². The number of thiophene rings is 1. The van der Waals surface area contributed by atoms with E-state index in [1.165, 1.54) is 0 Å². The van der Waals surface area contributed by atoms with Crippen molar-refractivity contribution in [3.8, 4) is 10.7 Å². The Bertz CT molecular complexity index is 511. The molecule has 2 atom stereocenters. The van der Waals surface area contributed by atoms with Gasteiger partial charge < -0.3 is 9.84 Å². The Labute approximate surface area is 119 Å². The largest absolute Gasteiger partial charge is 0.339 e. The standard InChI is InChI=1S/C12H16BrN3OS/c1-4-14-8(3)7(2)12-15-11(16-17-12)10-5-9(13)6-18-10/h5-8,14H,4H2,1-3H3. The normalized spacial score (nSPS) is 14.7.